The van der Waals surface area contributed by atoms with Crippen LogP contribution in [0, 0.1) is 20.2 Å². The van der Waals surface area contributed by atoms with E-state index in [0.717, 1.165) is 6.33 Å². The number of ether oxygens (including phenoxy) is 1. The number of methoxy groups -OCH3 is 1. The quantitative estimate of drug-likeness (QED) is 0.332. The summed E-state index contributed by atoms with van der Waals surface area (Å²) in [6, 6.07) is 12.1. The number of anilines is 3. The molecular weight excluding hydrogens is 422 g/mol. The summed E-state index contributed by atoms with van der Waals surface area (Å²) in [5.74, 6) is -0.220. The first kappa shape index (κ1) is 21.9. The molecule has 1 heterocycles. The molecule has 13 heteroatoms. The van der Waals surface area contributed by atoms with Gasteiger partial charge in [-0.25, -0.2) is 9.97 Å². The Hall–Kier alpha value is -4.81. The third-order valence-corrected chi connectivity index (χ3v) is 4.19. The standard InChI is InChI=1S/C19H17N7O6/c1-32-15-8-4-13(5-9-15)22-18-17(26(30)31)19(21-11-20-18)24-23-16(27)10-12-2-6-14(7-3-12)25(28)29/h2-9,11H,10H2,1H3,(H,23,27)(H2,20,21,22,24). The number of nitrogens with zero attached hydrogens (tertiary/aromatic N) is 4. The molecular formula is C19H17N7O6. The van der Waals surface area contributed by atoms with Crippen LogP contribution in [0.1, 0.15) is 5.56 Å². The Morgan fingerprint density at radius 2 is 1.62 bits per heavy atom. The van der Waals surface area contributed by atoms with Gasteiger partial charge in [0, 0.05) is 17.8 Å². The highest BCUT2D eigenvalue weighted by Crippen LogP contribution is 2.31. The lowest BCUT2D eigenvalue weighted by atomic mass is 10.1. The van der Waals surface area contributed by atoms with E-state index < -0.39 is 21.4 Å². The molecule has 0 unspecified atom stereocenters. The Kier molecular flexibility index (Phi) is 6.70. The third kappa shape index (κ3) is 5.41. The predicted molar refractivity (Wildman–Crippen MR) is 114 cm³/mol. The van der Waals surface area contributed by atoms with E-state index in [-0.39, 0.29) is 23.7 Å². The van der Waals surface area contributed by atoms with Gasteiger partial charge < -0.3 is 10.1 Å². The van der Waals surface area contributed by atoms with Crippen molar-refractivity contribution < 1.29 is 19.4 Å². The first-order chi connectivity index (χ1) is 15.4. The fourth-order valence-corrected chi connectivity index (χ4v) is 2.64. The number of carbonyl (C=O) groups excluding carboxylic acids is 1. The normalized spacial score (nSPS) is 10.2. The number of carbonyl (C=O) groups is 1. The number of hydrogen-bond donors (Lipinski definition) is 3. The second kappa shape index (κ2) is 9.80. The van der Waals surface area contributed by atoms with E-state index in [9.17, 15) is 25.0 Å². The summed E-state index contributed by atoms with van der Waals surface area (Å²) >= 11 is 0. The monoisotopic (exact) mass is 439 g/mol. The van der Waals surface area contributed by atoms with Crippen LogP contribution in [0.15, 0.2) is 54.9 Å². The Labute approximate surface area is 180 Å². The molecule has 3 N–H and O–H groups in total. The number of rotatable bonds is 9. The Morgan fingerprint density at radius 3 is 2.22 bits per heavy atom. The predicted octanol–water partition coefficient (Wildman–Crippen LogP) is 2.73. The minimum absolute atomic E-state index is 0.0812. The van der Waals surface area contributed by atoms with Crippen LogP contribution in [0.5, 0.6) is 5.75 Å². The maximum Gasteiger partial charge on any atom is 0.355 e. The molecule has 164 valence electrons. The van der Waals surface area contributed by atoms with E-state index in [0.29, 0.717) is 17.0 Å². The molecule has 0 radical (unpaired) electrons. The summed E-state index contributed by atoms with van der Waals surface area (Å²) < 4.78 is 5.07. The molecule has 0 fully saturated rings. The Morgan fingerprint density at radius 1 is 0.969 bits per heavy atom. The topological polar surface area (TPSA) is 174 Å². The number of non-ortho nitro benzene ring substituents is 1. The van der Waals surface area contributed by atoms with Crippen molar-refractivity contribution in [1.29, 1.82) is 0 Å². The van der Waals surface area contributed by atoms with E-state index in [2.05, 4.69) is 26.1 Å². The number of aromatic nitrogens is 2. The molecule has 1 amide bonds. The first-order valence-corrected chi connectivity index (χ1v) is 9.06. The van der Waals surface area contributed by atoms with Gasteiger partial charge in [-0.3, -0.25) is 35.9 Å². The number of nitro groups is 2. The van der Waals surface area contributed by atoms with Crippen LogP contribution < -0.4 is 20.9 Å². The molecule has 0 aliphatic carbocycles. The number of hydrogen-bond acceptors (Lipinski definition) is 10. The maximum atomic E-state index is 12.2. The minimum Gasteiger partial charge on any atom is -0.497 e. The van der Waals surface area contributed by atoms with Crippen LogP contribution in [0.3, 0.4) is 0 Å². The summed E-state index contributed by atoms with van der Waals surface area (Å²) in [7, 11) is 1.52. The number of amides is 1. The van der Waals surface area contributed by atoms with Crippen LogP contribution in [0.4, 0.5) is 28.7 Å². The van der Waals surface area contributed by atoms with E-state index >= 15 is 0 Å². The molecule has 1 aromatic heterocycles. The lowest BCUT2D eigenvalue weighted by Crippen LogP contribution is -2.31. The van der Waals surface area contributed by atoms with Gasteiger partial charge in [-0.1, -0.05) is 12.1 Å². The second-order valence-corrected chi connectivity index (χ2v) is 6.30. The zero-order chi connectivity index (χ0) is 23.1. The second-order valence-electron chi connectivity index (χ2n) is 6.30. The SMILES string of the molecule is COc1ccc(Nc2ncnc(NNC(=O)Cc3ccc([N+](=O)[O-])cc3)c2[N+](=O)[O-])cc1. The van der Waals surface area contributed by atoms with Crippen LogP contribution in [-0.4, -0.2) is 32.8 Å². The van der Waals surface area contributed by atoms with Crippen LogP contribution in [0.2, 0.25) is 0 Å². The largest absolute Gasteiger partial charge is 0.497 e. The van der Waals surface area contributed by atoms with Crippen molar-refractivity contribution in [2.75, 3.05) is 17.9 Å². The number of nitrogens with one attached hydrogen (secondary N) is 3. The molecule has 0 atom stereocenters. The van der Waals surface area contributed by atoms with Crippen LogP contribution >= 0.6 is 0 Å². The summed E-state index contributed by atoms with van der Waals surface area (Å²) in [5, 5.41) is 25.1. The van der Waals surface area contributed by atoms with Crippen molar-refractivity contribution >= 4 is 34.6 Å². The Bertz CT molecular complexity index is 1140. The molecule has 2 aromatic carbocycles. The zero-order valence-electron chi connectivity index (χ0n) is 16.6. The molecule has 3 rings (SSSR count). The fraction of sp³-hybridized carbons (Fsp3) is 0.105. The van der Waals surface area contributed by atoms with Gasteiger partial charge in [-0.15, -0.1) is 0 Å². The molecule has 0 saturated heterocycles. The average molecular weight is 439 g/mol. The van der Waals surface area contributed by atoms with Crippen molar-refractivity contribution in [3.8, 4) is 5.75 Å². The van der Waals surface area contributed by atoms with Gasteiger partial charge in [-0.05, 0) is 29.8 Å². The number of benzene rings is 2. The molecule has 0 spiro atoms. The molecule has 0 aliphatic heterocycles. The first-order valence-electron chi connectivity index (χ1n) is 9.06. The molecule has 0 saturated carbocycles. The Balaban J connectivity index is 1.70. The van der Waals surface area contributed by atoms with Gasteiger partial charge in [0.15, 0.2) is 0 Å². The van der Waals surface area contributed by atoms with E-state index in [1.54, 1.807) is 24.3 Å². The van der Waals surface area contributed by atoms with Gasteiger partial charge in [0.25, 0.3) is 5.69 Å². The highest BCUT2D eigenvalue weighted by Gasteiger charge is 2.23. The van der Waals surface area contributed by atoms with Gasteiger partial charge in [0.1, 0.15) is 12.1 Å². The van der Waals surface area contributed by atoms with Gasteiger partial charge >= 0.3 is 5.69 Å². The van der Waals surface area contributed by atoms with Crippen molar-refractivity contribution in [3.05, 3.63) is 80.7 Å². The van der Waals surface area contributed by atoms with Crippen molar-refractivity contribution in [2.24, 2.45) is 0 Å². The van der Waals surface area contributed by atoms with Crippen LogP contribution in [0.25, 0.3) is 0 Å². The lowest BCUT2D eigenvalue weighted by Gasteiger charge is -2.11. The maximum absolute atomic E-state index is 12.2. The van der Waals surface area contributed by atoms with Gasteiger partial charge in [-0.2, -0.15) is 0 Å². The highest BCUT2D eigenvalue weighted by molar-refractivity contribution is 5.81. The summed E-state index contributed by atoms with van der Waals surface area (Å²) in [6.45, 7) is 0. The summed E-state index contributed by atoms with van der Waals surface area (Å²) in [4.78, 5) is 41.0. The molecule has 13 nitrogen and oxygen atoms in total. The lowest BCUT2D eigenvalue weighted by molar-refractivity contribution is -0.384. The smallest absolute Gasteiger partial charge is 0.355 e. The van der Waals surface area contributed by atoms with E-state index in [4.69, 9.17) is 4.74 Å². The van der Waals surface area contributed by atoms with Crippen molar-refractivity contribution in [3.63, 3.8) is 0 Å². The summed E-state index contributed by atoms with van der Waals surface area (Å²) in [6.07, 6.45) is 0.991. The molecule has 3 aromatic rings. The number of nitro benzene ring substituents is 1. The van der Waals surface area contributed by atoms with E-state index in [1.165, 1.54) is 31.4 Å². The van der Waals surface area contributed by atoms with Crippen LogP contribution in [-0.2, 0) is 11.2 Å². The summed E-state index contributed by atoms with van der Waals surface area (Å²) in [5.41, 5.74) is 5.23. The van der Waals surface area contributed by atoms with Gasteiger partial charge in [0.2, 0.25) is 17.5 Å². The molecule has 0 aliphatic rings. The third-order valence-electron chi connectivity index (χ3n) is 4.19. The minimum atomic E-state index is -0.684. The van der Waals surface area contributed by atoms with E-state index in [1.807, 2.05) is 0 Å². The van der Waals surface area contributed by atoms with Gasteiger partial charge in [0.05, 0.1) is 23.4 Å². The van der Waals surface area contributed by atoms with Crippen molar-refractivity contribution in [1.82, 2.24) is 15.4 Å². The molecule has 32 heavy (non-hydrogen) atoms. The number of hydrazine groups is 1. The van der Waals surface area contributed by atoms with Crippen molar-refractivity contribution in [2.45, 2.75) is 6.42 Å². The average Bonchev–Trinajstić information content (AvgIpc) is 2.78. The fourth-order valence-electron chi connectivity index (χ4n) is 2.64. The zero-order valence-corrected chi connectivity index (χ0v) is 16.6. The highest BCUT2D eigenvalue weighted by atomic mass is 16.6. The molecule has 0 bridgehead atoms.